The molecule has 1 amide bonds. The molecule has 0 aliphatic carbocycles. The molecule has 10 heteroatoms. The van der Waals surface area contributed by atoms with E-state index in [1.165, 1.54) is 0 Å². The van der Waals surface area contributed by atoms with Crippen molar-refractivity contribution in [2.45, 2.75) is 37.6 Å². The first-order chi connectivity index (χ1) is 12.8. The number of hydrogen-bond acceptors (Lipinski definition) is 8. The molecule has 0 radical (unpaired) electrons. The summed E-state index contributed by atoms with van der Waals surface area (Å²) in [5, 5.41) is 2.76. The van der Waals surface area contributed by atoms with Crippen LogP contribution >= 0.6 is 0 Å². The lowest BCUT2D eigenvalue weighted by molar-refractivity contribution is -0.130. The number of carbonyl (C=O) groups excluding carboxylic acids is 1. The van der Waals surface area contributed by atoms with Crippen molar-refractivity contribution in [3.8, 4) is 0 Å². The largest absolute Gasteiger partial charge is 0.370 e. The third kappa shape index (κ3) is 4.29. The fourth-order valence-electron chi connectivity index (χ4n) is 3.91. The molecule has 1 N–H and O–H groups in total. The van der Waals surface area contributed by atoms with Gasteiger partial charge in [-0.3, -0.25) is 19.7 Å². The second-order valence-electron chi connectivity index (χ2n) is 7.68. The van der Waals surface area contributed by atoms with Crippen LogP contribution in [0.5, 0.6) is 0 Å². The number of nitrogens with zero attached hydrogens (tertiary/aromatic N) is 3. The van der Waals surface area contributed by atoms with Crippen LogP contribution in [-0.2, 0) is 30.7 Å². The van der Waals surface area contributed by atoms with E-state index in [2.05, 4.69) is 20.2 Å². The van der Waals surface area contributed by atoms with Crippen LogP contribution in [0, 0.1) is 6.92 Å². The van der Waals surface area contributed by atoms with Crippen molar-refractivity contribution in [3.63, 3.8) is 0 Å². The average Bonchev–Trinajstić information content (AvgIpc) is 2.97. The summed E-state index contributed by atoms with van der Waals surface area (Å²) in [5.41, 5.74) is 1.28. The Morgan fingerprint density at radius 1 is 1.41 bits per heavy atom. The van der Waals surface area contributed by atoms with Crippen LogP contribution in [0.25, 0.3) is 0 Å². The van der Waals surface area contributed by atoms with Crippen LogP contribution in [-0.4, -0.2) is 84.7 Å². The first-order valence-electron chi connectivity index (χ1n) is 9.09. The number of aromatic nitrogens is 2. The minimum Gasteiger partial charge on any atom is -0.370 e. The molecule has 3 aliphatic rings. The van der Waals surface area contributed by atoms with Gasteiger partial charge in [-0.25, -0.2) is 8.42 Å². The molecule has 3 saturated heterocycles. The molecule has 4 heterocycles. The van der Waals surface area contributed by atoms with Gasteiger partial charge in [0.1, 0.15) is 11.7 Å². The lowest BCUT2D eigenvalue weighted by atomic mass is 9.97. The van der Waals surface area contributed by atoms with Crippen molar-refractivity contribution in [2.24, 2.45) is 0 Å². The Hall–Kier alpha value is -1.62. The number of ether oxygens (including phenoxy) is 2. The molecule has 27 heavy (non-hydrogen) atoms. The van der Waals surface area contributed by atoms with Crippen LogP contribution in [0.4, 0.5) is 0 Å². The zero-order valence-corrected chi connectivity index (χ0v) is 16.1. The summed E-state index contributed by atoms with van der Waals surface area (Å²) in [4.78, 5) is 23.3. The first-order valence-corrected chi connectivity index (χ1v) is 10.9. The number of sulfone groups is 1. The molecule has 2 atom stereocenters. The Kier molecular flexibility index (Phi) is 4.91. The normalized spacial score (nSPS) is 30.9. The maximum Gasteiger partial charge on any atom is 0.249 e. The molecule has 148 valence electrons. The number of morpholine rings is 1. The maximum atomic E-state index is 12.4. The van der Waals surface area contributed by atoms with Gasteiger partial charge in [0.25, 0.3) is 0 Å². The van der Waals surface area contributed by atoms with Crippen LogP contribution in [0.2, 0.25) is 0 Å². The van der Waals surface area contributed by atoms with Gasteiger partial charge < -0.3 is 14.8 Å². The number of amides is 1. The Morgan fingerprint density at radius 2 is 2.22 bits per heavy atom. The molecule has 0 aromatic carbocycles. The number of rotatable bonds is 4. The highest BCUT2D eigenvalue weighted by molar-refractivity contribution is 7.92. The van der Waals surface area contributed by atoms with E-state index in [0.29, 0.717) is 32.7 Å². The van der Waals surface area contributed by atoms with Crippen LogP contribution in [0.15, 0.2) is 12.4 Å². The van der Waals surface area contributed by atoms with Crippen LogP contribution < -0.4 is 5.32 Å². The third-order valence-electron chi connectivity index (χ3n) is 5.17. The van der Waals surface area contributed by atoms with Gasteiger partial charge in [0.15, 0.2) is 9.84 Å². The Morgan fingerprint density at radius 3 is 2.96 bits per heavy atom. The molecule has 4 rings (SSSR count). The standard InChI is InChI=1S/C17H24N4O5S/c1-12-5-18-6-13(19-12)7-21-2-3-26-17(10-21)4-15(25-11-17)16(22)20-14-8-27(23,24)9-14/h5-6,14-15H,2-4,7-11H2,1H3,(H,20,22). The Balaban J connectivity index is 1.33. The summed E-state index contributed by atoms with van der Waals surface area (Å²) in [6.45, 7) is 4.95. The van der Waals surface area contributed by atoms with Crippen molar-refractivity contribution in [2.75, 3.05) is 37.8 Å². The van der Waals surface area contributed by atoms with Crippen molar-refractivity contribution < 1.29 is 22.7 Å². The molecule has 1 aromatic rings. The smallest absolute Gasteiger partial charge is 0.249 e. The minimum atomic E-state index is -2.96. The third-order valence-corrected chi connectivity index (χ3v) is 6.99. The van der Waals surface area contributed by atoms with Gasteiger partial charge in [0, 0.05) is 38.4 Å². The van der Waals surface area contributed by atoms with E-state index in [1.54, 1.807) is 12.4 Å². The average molecular weight is 396 g/mol. The van der Waals surface area contributed by atoms with E-state index >= 15 is 0 Å². The van der Waals surface area contributed by atoms with E-state index in [9.17, 15) is 13.2 Å². The Labute approximate surface area is 158 Å². The topological polar surface area (TPSA) is 111 Å². The molecule has 2 unspecified atom stereocenters. The SMILES string of the molecule is Cc1cncc(CN2CCOC3(COC(C(=O)NC4CS(=O)(=O)C4)C3)C2)n1. The van der Waals surface area contributed by atoms with E-state index < -0.39 is 21.5 Å². The van der Waals surface area contributed by atoms with E-state index in [0.717, 1.165) is 17.9 Å². The van der Waals surface area contributed by atoms with E-state index in [4.69, 9.17) is 9.47 Å². The summed E-state index contributed by atoms with van der Waals surface area (Å²) in [6.07, 6.45) is 3.36. The summed E-state index contributed by atoms with van der Waals surface area (Å²) in [6, 6.07) is -0.300. The second-order valence-corrected chi connectivity index (χ2v) is 9.83. The summed E-state index contributed by atoms with van der Waals surface area (Å²) < 4.78 is 34.2. The molecule has 0 saturated carbocycles. The van der Waals surface area contributed by atoms with Crippen molar-refractivity contribution >= 4 is 15.7 Å². The highest BCUT2D eigenvalue weighted by atomic mass is 32.2. The van der Waals surface area contributed by atoms with Gasteiger partial charge in [0.2, 0.25) is 5.91 Å². The number of nitrogens with one attached hydrogen (secondary N) is 1. The number of carbonyl (C=O) groups is 1. The van der Waals surface area contributed by atoms with Gasteiger partial charge in [-0.15, -0.1) is 0 Å². The number of hydrogen-bond donors (Lipinski definition) is 1. The van der Waals surface area contributed by atoms with Crippen LogP contribution in [0.3, 0.4) is 0 Å². The molecule has 3 aliphatic heterocycles. The molecule has 1 aromatic heterocycles. The second kappa shape index (κ2) is 7.08. The van der Waals surface area contributed by atoms with Gasteiger partial charge in [0.05, 0.1) is 42.1 Å². The summed E-state index contributed by atoms with van der Waals surface area (Å²) >= 11 is 0. The molecule has 9 nitrogen and oxygen atoms in total. The quantitative estimate of drug-likeness (QED) is 0.694. The highest BCUT2D eigenvalue weighted by Gasteiger charge is 2.47. The molecule has 3 fully saturated rings. The molecule has 1 spiro atoms. The summed E-state index contributed by atoms with van der Waals surface area (Å²) in [7, 11) is -2.96. The molecular formula is C17H24N4O5S. The van der Waals surface area contributed by atoms with Gasteiger partial charge in [-0.05, 0) is 6.92 Å². The Bertz CT molecular complexity index is 820. The maximum absolute atomic E-state index is 12.4. The lowest BCUT2D eigenvalue weighted by Crippen LogP contribution is -2.55. The lowest BCUT2D eigenvalue weighted by Gasteiger charge is -2.39. The fraction of sp³-hybridized carbons (Fsp3) is 0.706. The van der Waals surface area contributed by atoms with Gasteiger partial charge >= 0.3 is 0 Å². The van der Waals surface area contributed by atoms with Gasteiger partial charge in [-0.2, -0.15) is 0 Å². The summed E-state index contributed by atoms with van der Waals surface area (Å²) in [5.74, 6) is -0.228. The van der Waals surface area contributed by atoms with Gasteiger partial charge in [-0.1, -0.05) is 0 Å². The van der Waals surface area contributed by atoms with E-state index in [1.807, 2.05) is 6.92 Å². The molecule has 0 bridgehead atoms. The van der Waals surface area contributed by atoms with Crippen LogP contribution in [0.1, 0.15) is 17.8 Å². The van der Waals surface area contributed by atoms with Crippen molar-refractivity contribution in [1.29, 1.82) is 0 Å². The highest BCUT2D eigenvalue weighted by Crippen LogP contribution is 2.32. The monoisotopic (exact) mass is 396 g/mol. The predicted molar refractivity (Wildman–Crippen MR) is 95.7 cm³/mol. The molecular weight excluding hydrogens is 372 g/mol. The fourth-order valence-corrected chi connectivity index (χ4v) is 5.20. The zero-order valence-electron chi connectivity index (χ0n) is 15.3. The van der Waals surface area contributed by atoms with E-state index in [-0.39, 0.29) is 23.5 Å². The number of aryl methyl sites for hydroxylation is 1. The predicted octanol–water partition coefficient (Wildman–Crippen LogP) is -0.942. The van der Waals surface area contributed by atoms with Crippen molar-refractivity contribution in [1.82, 2.24) is 20.2 Å². The zero-order chi connectivity index (χ0) is 19.1. The first kappa shape index (κ1) is 18.7. The minimum absolute atomic E-state index is 0.0123. The van der Waals surface area contributed by atoms with Crippen molar-refractivity contribution in [3.05, 3.63) is 23.8 Å².